The summed E-state index contributed by atoms with van der Waals surface area (Å²) in [5, 5.41) is 3.10. The van der Waals surface area contributed by atoms with Crippen LogP contribution in [0.25, 0.3) is 0 Å². The maximum Gasteiger partial charge on any atom is 0.255 e. The van der Waals surface area contributed by atoms with E-state index in [1.54, 1.807) is 12.3 Å². The second-order valence-electron chi connectivity index (χ2n) is 4.49. The predicted octanol–water partition coefficient (Wildman–Crippen LogP) is 2.23. The molecule has 2 unspecified atom stereocenters. The number of nitrogens with one attached hydrogen (secondary N) is 1. The fourth-order valence-corrected chi connectivity index (χ4v) is 2.64. The first-order chi connectivity index (χ1) is 8.72. The highest BCUT2D eigenvalue weighted by molar-refractivity contribution is 6.21. The Bertz CT molecular complexity index is 425. The monoisotopic (exact) mass is 268 g/mol. The average molecular weight is 269 g/mol. The molecule has 1 heterocycles. The van der Waals surface area contributed by atoms with Gasteiger partial charge in [0.15, 0.2) is 0 Å². The summed E-state index contributed by atoms with van der Waals surface area (Å²) >= 11 is 6.18. The number of methoxy groups -OCH3 is 1. The molecule has 0 saturated heterocycles. The van der Waals surface area contributed by atoms with Crippen molar-refractivity contribution in [3.63, 3.8) is 0 Å². The summed E-state index contributed by atoms with van der Waals surface area (Å²) in [6.07, 6.45) is 6.39. The molecular weight excluding hydrogens is 252 g/mol. The molecule has 2 rings (SSSR count). The molecule has 0 aromatic carbocycles. The summed E-state index contributed by atoms with van der Waals surface area (Å²) < 4.78 is 5.11. The maximum atomic E-state index is 12.0. The van der Waals surface area contributed by atoms with Crippen LogP contribution >= 0.6 is 11.6 Å². The number of rotatable bonds is 4. The molecule has 1 amide bonds. The number of alkyl halides is 1. The van der Waals surface area contributed by atoms with Crippen molar-refractivity contribution in [1.82, 2.24) is 10.3 Å². The van der Waals surface area contributed by atoms with E-state index in [9.17, 15) is 4.79 Å². The lowest BCUT2D eigenvalue weighted by molar-refractivity contribution is 0.0944. The van der Waals surface area contributed by atoms with Gasteiger partial charge in [-0.2, -0.15) is 0 Å². The molecule has 5 heteroatoms. The van der Waals surface area contributed by atoms with Crippen molar-refractivity contribution in [3.05, 3.63) is 24.0 Å². The van der Waals surface area contributed by atoms with Gasteiger partial charge in [-0.1, -0.05) is 6.42 Å². The molecule has 1 saturated carbocycles. The Balaban J connectivity index is 1.95. The minimum atomic E-state index is -0.134. The number of pyridine rings is 1. The second-order valence-corrected chi connectivity index (χ2v) is 5.05. The largest absolute Gasteiger partial charge is 0.494 e. The molecule has 0 aliphatic heterocycles. The minimum absolute atomic E-state index is 0.134. The molecule has 1 N–H and O–H groups in total. The summed E-state index contributed by atoms with van der Waals surface area (Å²) in [5.41, 5.74) is 0.511. The molecule has 1 fully saturated rings. The molecule has 4 nitrogen and oxygen atoms in total. The van der Waals surface area contributed by atoms with Gasteiger partial charge in [0.05, 0.1) is 18.9 Å². The van der Waals surface area contributed by atoms with E-state index in [-0.39, 0.29) is 11.3 Å². The molecule has 1 aromatic heterocycles. The fourth-order valence-electron chi connectivity index (χ4n) is 2.27. The van der Waals surface area contributed by atoms with Crippen LogP contribution in [0.3, 0.4) is 0 Å². The molecule has 1 aromatic rings. The smallest absolute Gasteiger partial charge is 0.255 e. The lowest BCUT2D eigenvalue weighted by atomic mass is 10.1. The van der Waals surface area contributed by atoms with Gasteiger partial charge >= 0.3 is 0 Å². The number of nitrogens with zero attached hydrogens (tertiary/aromatic N) is 1. The van der Waals surface area contributed by atoms with E-state index in [1.165, 1.54) is 13.3 Å². The van der Waals surface area contributed by atoms with Crippen molar-refractivity contribution in [2.75, 3.05) is 13.7 Å². The molecule has 0 radical (unpaired) electrons. The molecule has 2 atom stereocenters. The zero-order valence-corrected chi connectivity index (χ0v) is 11.1. The standard InChI is InChI=1S/C13H17ClN2O2/c1-18-12-8-15-6-5-10(12)13(17)16-7-9-3-2-4-11(9)14/h5-6,8-9,11H,2-4,7H2,1H3,(H,16,17). The van der Waals surface area contributed by atoms with Gasteiger partial charge < -0.3 is 10.1 Å². The Labute approximate surface area is 112 Å². The van der Waals surface area contributed by atoms with E-state index >= 15 is 0 Å². The Morgan fingerprint density at radius 2 is 2.44 bits per heavy atom. The van der Waals surface area contributed by atoms with Crippen LogP contribution in [-0.4, -0.2) is 29.9 Å². The van der Waals surface area contributed by atoms with Crippen LogP contribution in [0.2, 0.25) is 0 Å². The van der Waals surface area contributed by atoms with E-state index in [4.69, 9.17) is 16.3 Å². The number of hydrogen-bond acceptors (Lipinski definition) is 3. The summed E-state index contributed by atoms with van der Waals surface area (Å²) in [6, 6.07) is 1.65. The fraction of sp³-hybridized carbons (Fsp3) is 0.538. The Morgan fingerprint density at radius 3 is 3.11 bits per heavy atom. The Hall–Kier alpha value is -1.29. The maximum absolute atomic E-state index is 12.0. The van der Waals surface area contributed by atoms with E-state index in [1.807, 2.05) is 0 Å². The number of hydrogen-bond donors (Lipinski definition) is 1. The van der Waals surface area contributed by atoms with Gasteiger partial charge in [-0.25, -0.2) is 0 Å². The quantitative estimate of drug-likeness (QED) is 0.852. The van der Waals surface area contributed by atoms with Crippen molar-refractivity contribution in [2.24, 2.45) is 5.92 Å². The molecule has 1 aliphatic rings. The molecule has 0 spiro atoms. The minimum Gasteiger partial charge on any atom is -0.494 e. The Kier molecular flexibility index (Phi) is 4.42. The molecule has 1 aliphatic carbocycles. The van der Waals surface area contributed by atoms with Gasteiger partial charge in [-0.15, -0.1) is 11.6 Å². The van der Waals surface area contributed by atoms with Crippen molar-refractivity contribution in [3.8, 4) is 5.75 Å². The number of amides is 1. The van der Waals surface area contributed by atoms with Crippen LogP contribution in [0, 0.1) is 5.92 Å². The lowest BCUT2D eigenvalue weighted by Crippen LogP contribution is -2.31. The first-order valence-corrected chi connectivity index (χ1v) is 6.56. The topological polar surface area (TPSA) is 51.2 Å². The summed E-state index contributed by atoms with van der Waals surface area (Å²) in [7, 11) is 1.53. The first kappa shape index (κ1) is 13.1. The van der Waals surface area contributed by atoms with Crippen LogP contribution in [0.1, 0.15) is 29.6 Å². The third-order valence-electron chi connectivity index (χ3n) is 3.34. The van der Waals surface area contributed by atoms with Crippen molar-refractivity contribution in [2.45, 2.75) is 24.6 Å². The highest BCUT2D eigenvalue weighted by Crippen LogP contribution is 2.29. The first-order valence-electron chi connectivity index (χ1n) is 6.12. The van der Waals surface area contributed by atoms with Crippen LogP contribution in [0.5, 0.6) is 5.75 Å². The SMILES string of the molecule is COc1cnccc1C(=O)NCC1CCCC1Cl. The van der Waals surface area contributed by atoms with E-state index < -0.39 is 0 Å². The third-order valence-corrected chi connectivity index (χ3v) is 3.91. The van der Waals surface area contributed by atoms with Gasteiger partial charge in [0.1, 0.15) is 5.75 Å². The number of carbonyl (C=O) groups is 1. The highest BCUT2D eigenvalue weighted by atomic mass is 35.5. The van der Waals surface area contributed by atoms with Crippen LogP contribution < -0.4 is 10.1 Å². The van der Waals surface area contributed by atoms with Crippen LogP contribution in [0.15, 0.2) is 18.5 Å². The Morgan fingerprint density at radius 1 is 1.61 bits per heavy atom. The van der Waals surface area contributed by atoms with Crippen molar-refractivity contribution < 1.29 is 9.53 Å². The number of aromatic nitrogens is 1. The summed E-state index contributed by atoms with van der Waals surface area (Å²) in [5.74, 6) is 0.734. The zero-order valence-electron chi connectivity index (χ0n) is 10.4. The van der Waals surface area contributed by atoms with Gasteiger partial charge in [-0.05, 0) is 24.8 Å². The molecule has 98 valence electrons. The van der Waals surface area contributed by atoms with Gasteiger partial charge in [0.2, 0.25) is 0 Å². The summed E-state index contributed by atoms with van der Waals surface area (Å²) in [4.78, 5) is 15.9. The predicted molar refractivity (Wildman–Crippen MR) is 70.1 cm³/mol. The second kappa shape index (κ2) is 6.05. The highest BCUT2D eigenvalue weighted by Gasteiger charge is 2.25. The van der Waals surface area contributed by atoms with Crippen molar-refractivity contribution in [1.29, 1.82) is 0 Å². The molecule has 0 bridgehead atoms. The lowest BCUT2D eigenvalue weighted by Gasteiger charge is -2.15. The van der Waals surface area contributed by atoms with E-state index in [0.717, 1.165) is 19.3 Å². The third kappa shape index (κ3) is 2.93. The van der Waals surface area contributed by atoms with Crippen LogP contribution in [0.4, 0.5) is 0 Å². The van der Waals surface area contributed by atoms with E-state index in [2.05, 4.69) is 10.3 Å². The zero-order chi connectivity index (χ0) is 13.0. The van der Waals surface area contributed by atoms with Gasteiger partial charge in [-0.3, -0.25) is 9.78 Å². The van der Waals surface area contributed by atoms with E-state index in [0.29, 0.717) is 23.8 Å². The normalized spacial score (nSPS) is 22.8. The average Bonchev–Trinajstić information content (AvgIpc) is 2.81. The number of carbonyl (C=O) groups excluding carboxylic acids is 1. The summed E-state index contributed by atoms with van der Waals surface area (Å²) in [6.45, 7) is 0.623. The molecule has 18 heavy (non-hydrogen) atoms. The van der Waals surface area contributed by atoms with Gasteiger partial charge in [0.25, 0.3) is 5.91 Å². The van der Waals surface area contributed by atoms with Crippen molar-refractivity contribution >= 4 is 17.5 Å². The number of ether oxygens (including phenoxy) is 1. The molecular formula is C13H17ClN2O2. The number of halogens is 1. The van der Waals surface area contributed by atoms with Crippen LogP contribution in [-0.2, 0) is 0 Å². The van der Waals surface area contributed by atoms with Gasteiger partial charge in [0, 0.05) is 18.1 Å².